The Kier molecular flexibility index (Phi) is 4.50. The Morgan fingerprint density at radius 2 is 2.23 bits per heavy atom. The molecule has 1 aromatic carbocycles. The molecule has 3 rings (SSSR count). The van der Waals surface area contributed by atoms with E-state index in [4.69, 9.17) is 0 Å². The van der Waals surface area contributed by atoms with Crippen LogP contribution in [0.5, 0.6) is 0 Å². The zero-order valence-corrected chi connectivity index (χ0v) is 14.2. The fraction of sp³-hybridized carbons (Fsp3) is 0.500. The average molecular weight is 316 g/mol. The number of likely N-dealkylation sites (tertiary alicyclic amines) is 1. The lowest BCUT2D eigenvalue weighted by Crippen LogP contribution is -2.41. The van der Waals surface area contributed by atoms with Crippen molar-refractivity contribution in [1.29, 1.82) is 0 Å². The first-order chi connectivity index (χ1) is 10.6. The summed E-state index contributed by atoms with van der Waals surface area (Å²) in [5.74, 6) is 0.215. The molecule has 1 amide bonds. The maximum Gasteiger partial charge on any atom is 0.227 e. The standard InChI is InChI=1S/C18H24N2OS/c1-3-9-19-17(21)18(2)8-10-20(13-18)11-14-12-22-16-7-5-4-6-15(14)16/h4-7,12H,3,8-11,13H2,1-2H3,(H,19,21). The smallest absolute Gasteiger partial charge is 0.227 e. The molecule has 2 heterocycles. The van der Waals surface area contributed by atoms with Crippen molar-refractivity contribution in [3.63, 3.8) is 0 Å². The second kappa shape index (κ2) is 6.39. The van der Waals surface area contributed by atoms with E-state index in [-0.39, 0.29) is 11.3 Å². The van der Waals surface area contributed by atoms with Gasteiger partial charge in [-0.1, -0.05) is 25.1 Å². The number of rotatable bonds is 5. The third-order valence-electron chi connectivity index (χ3n) is 4.59. The Balaban J connectivity index is 1.67. The van der Waals surface area contributed by atoms with Crippen LogP contribution in [-0.2, 0) is 11.3 Å². The van der Waals surface area contributed by atoms with Crippen molar-refractivity contribution in [3.05, 3.63) is 35.2 Å². The SMILES string of the molecule is CCCNC(=O)C1(C)CCN(Cc2csc3ccccc23)C1. The van der Waals surface area contributed by atoms with Crippen LogP contribution in [0.25, 0.3) is 10.1 Å². The van der Waals surface area contributed by atoms with Gasteiger partial charge in [-0.15, -0.1) is 11.3 Å². The fourth-order valence-corrected chi connectivity index (χ4v) is 4.18. The first kappa shape index (κ1) is 15.5. The molecule has 4 heteroatoms. The fourth-order valence-electron chi connectivity index (χ4n) is 3.22. The largest absolute Gasteiger partial charge is 0.356 e. The summed E-state index contributed by atoms with van der Waals surface area (Å²) in [6.07, 6.45) is 1.94. The van der Waals surface area contributed by atoms with Gasteiger partial charge in [0.1, 0.15) is 0 Å². The molecule has 2 aromatic rings. The van der Waals surface area contributed by atoms with Crippen LogP contribution in [0.3, 0.4) is 0 Å². The molecule has 22 heavy (non-hydrogen) atoms. The third-order valence-corrected chi connectivity index (χ3v) is 5.60. The van der Waals surface area contributed by atoms with E-state index in [0.717, 1.165) is 39.0 Å². The van der Waals surface area contributed by atoms with Crippen LogP contribution in [0.15, 0.2) is 29.6 Å². The number of amides is 1. The zero-order chi connectivity index (χ0) is 15.6. The minimum Gasteiger partial charge on any atom is -0.356 e. The molecule has 1 N–H and O–H groups in total. The Morgan fingerprint density at radius 3 is 3.05 bits per heavy atom. The zero-order valence-electron chi connectivity index (χ0n) is 13.4. The molecule has 1 atom stereocenters. The molecule has 1 unspecified atom stereocenters. The Labute approximate surface area is 136 Å². The number of nitrogens with one attached hydrogen (secondary N) is 1. The van der Waals surface area contributed by atoms with E-state index in [1.165, 1.54) is 15.6 Å². The molecule has 118 valence electrons. The molecule has 0 radical (unpaired) electrons. The van der Waals surface area contributed by atoms with E-state index in [1.807, 2.05) is 11.3 Å². The molecule has 0 spiro atoms. The molecule has 0 saturated carbocycles. The second-order valence-corrected chi connectivity index (χ2v) is 7.45. The average Bonchev–Trinajstić information content (AvgIpc) is 3.11. The van der Waals surface area contributed by atoms with E-state index in [0.29, 0.717) is 0 Å². The number of nitrogens with zero attached hydrogens (tertiary/aromatic N) is 1. The van der Waals surface area contributed by atoms with Crippen LogP contribution < -0.4 is 5.32 Å². The van der Waals surface area contributed by atoms with Crippen LogP contribution in [-0.4, -0.2) is 30.4 Å². The van der Waals surface area contributed by atoms with E-state index in [2.05, 4.69) is 53.7 Å². The predicted octanol–water partition coefficient (Wildman–Crippen LogP) is 3.64. The van der Waals surface area contributed by atoms with Gasteiger partial charge in [-0.05, 0) is 48.7 Å². The predicted molar refractivity (Wildman–Crippen MR) is 93.1 cm³/mol. The second-order valence-electron chi connectivity index (χ2n) is 6.53. The monoisotopic (exact) mass is 316 g/mol. The van der Waals surface area contributed by atoms with Gasteiger partial charge in [0, 0.05) is 24.3 Å². The summed E-state index contributed by atoms with van der Waals surface area (Å²) in [6.45, 7) is 7.77. The summed E-state index contributed by atoms with van der Waals surface area (Å²) in [4.78, 5) is 14.8. The van der Waals surface area contributed by atoms with Gasteiger partial charge < -0.3 is 5.32 Å². The molecular weight excluding hydrogens is 292 g/mol. The molecular formula is C18H24N2OS. The highest BCUT2D eigenvalue weighted by Crippen LogP contribution is 2.33. The number of benzene rings is 1. The van der Waals surface area contributed by atoms with E-state index < -0.39 is 0 Å². The number of fused-ring (bicyclic) bond motifs is 1. The molecule has 0 bridgehead atoms. The number of carbonyl (C=O) groups excluding carboxylic acids is 1. The highest BCUT2D eigenvalue weighted by Gasteiger charge is 2.40. The van der Waals surface area contributed by atoms with Crippen LogP contribution in [0.2, 0.25) is 0 Å². The number of hydrogen-bond acceptors (Lipinski definition) is 3. The minimum atomic E-state index is -0.235. The Morgan fingerprint density at radius 1 is 1.41 bits per heavy atom. The van der Waals surface area contributed by atoms with Crippen LogP contribution in [0, 0.1) is 5.41 Å². The van der Waals surface area contributed by atoms with Crippen molar-refractivity contribution in [3.8, 4) is 0 Å². The normalized spacial score (nSPS) is 22.3. The molecule has 1 aliphatic rings. The van der Waals surface area contributed by atoms with E-state index in [1.54, 1.807) is 0 Å². The maximum absolute atomic E-state index is 12.4. The quantitative estimate of drug-likeness (QED) is 0.913. The highest BCUT2D eigenvalue weighted by atomic mass is 32.1. The Hall–Kier alpha value is -1.39. The summed E-state index contributed by atoms with van der Waals surface area (Å²) in [5, 5.41) is 6.68. The van der Waals surface area contributed by atoms with Gasteiger partial charge in [0.05, 0.1) is 5.41 Å². The number of carbonyl (C=O) groups is 1. The lowest BCUT2D eigenvalue weighted by molar-refractivity contribution is -0.129. The van der Waals surface area contributed by atoms with Gasteiger partial charge >= 0.3 is 0 Å². The number of thiophene rings is 1. The molecule has 1 aliphatic heterocycles. The van der Waals surface area contributed by atoms with Crippen LogP contribution in [0.4, 0.5) is 0 Å². The summed E-state index contributed by atoms with van der Waals surface area (Å²) in [6, 6.07) is 8.57. The van der Waals surface area contributed by atoms with Crippen molar-refractivity contribution in [2.45, 2.75) is 33.2 Å². The summed E-state index contributed by atoms with van der Waals surface area (Å²) >= 11 is 1.81. The maximum atomic E-state index is 12.4. The lowest BCUT2D eigenvalue weighted by atomic mass is 9.88. The van der Waals surface area contributed by atoms with Crippen LogP contribution in [0.1, 0.15) is 32.3 Å². The first-order valence-corrected chi connectivity index (χ1v) is 8.96. The van der Waals surface area contributed by atoms with E-state index in [9.17, 15) is 4.79 Å². The minimum absolute atomic E-state index is 0.215. The molecule has 1 saturated heterocycles. The van der Waals surface area contributed by atoms with Gasteiger partial charge in [0.2, 0.25) is 5.91 Å². The van der Waals surface area contributed by atoms with Crippen molar-refractivity contribution >= 4 is 27.3 Å². The molecule has 1 fully saturated rings. The summed E-state index contributed by atoms with van der Waals surface area (Å²) in [7, 11) is 0. The van der Waals surface area contributed by atoms with Crippen molar-refractivity contribution in [1.82, 2.24) is 10.2 Å². The summed E-state index contributed by atoms with van der Waals surface area (Å²) < 4.78 is 1.35. The van der Waals surface area contributed by atoms with E-state index >= 15 is 0 Å². The van der Waals surface area contributed by atoms with Gasteiger partial charge in [-0.3, -0.25) is 9.69 Å². The van der Waals surface area contributed by atoms with Crippen LogP contribution >= 0.6 is 11.3 Å². The van der Waals surface area contributed by atoms with Gasteiger partial charge in [-0.25, -0.2) is 0 Å². The lowest BCUT2D eigenvalue weighted by Gasteiger charge is -2.23. The van der Waals surface area contributed by atoms with Crippen molar-refractivity contribution < 1.29 is 4.79 Å². The van der Waals surface area contributed by atoms with Gasteiger partial charge in [0.15, 0.2) is 0 Å². The van der Waals surface area contributed by atoms with Crippen molar-refractivity contribution in [2.75, 3.05) is 19.6 Å². The molecule has 0 aliphatic carbocycles. The third kappa shape index (κ3) is 3.03. The first-order valence-electron chi connectivity index (χ1n) is 8.08. The van der Waals surface area contributed by atoms with Crippen molar-refractivity contribution in [2.24, 2.45) is 5.41 Å². The summed E-state index contributed by atoms with van der Waals surface area (Å²) in [5.41, 5.74) is 1.15. The Bertz CT molecular complexity index is 666. The molecule has 1 aromatic heterocycles. The topological polar surface area (TPSA) is 32.3 Å². The molecule has 3 nitrogen and oxygen atoms in total. The van der Waals surface area contributed by atoms with Gasteiger partial charge in [0.25, 0.3) is 0 Å². The number of hydrogen-bond donors (Lipinski definition) is 1. The van der Waals surface area contributed by atoms with Gasteiger partial charge in [-0.2, -0.15) is 0 Å². The highest BCUT2D eigenvalue weighted by molar-refractivity contribution is 7.17.